The zero-order chi connectivity index (χ0) is 12.3. The second-order valence-corrected chi connectivity index (χ2v) is 4.44. The average molecular weight is 235 g/mol. The molecular formula is C12H17N3O2. The van der Waals surface area contributed by atoms with Gasteiger partial charge in [-0.1, -0.05) is 0 Å². The number of hydrogen-bond donors (Lipinski definition) is 2. The number of nitrogens with two attached hydrogens (primary N) is 1. The molecule has 0 aromatic carbocycles. The Morgan fingerprint density at radius 1 is 1.59 bits per heavy atom. The van der Waals surface area contributed by atoms with Gasteiger partial charge in [-0.2, -0.15) is 0 Å². The Hall–Kier alpha value is -1.62. The predicted molar refractivity (Wildman–Crippen MR) is 65.5 cm³/mol. The Bertz CT molecular complexity index is 393. The SMILES string of the molecule is COC1(CC(=O)Nc2ccc(N)nc2)CCC1. The number of methoxy groups -OCH3 is 1. The lowest BCUT2D eigenvalue weighted by Gasteiger charge is -2.39. The average Bonchev–Trinajstić information content (AvgIpc) is 2.27. The predicted octanol–water partition coefficient (Wildman–Crippen LogP) is 1.56. The van der Waals surface area contributed by atoms with Crippen LogP contribution < -0.4 is 11.1 Å². The zero-order valence-electron chi connectivity index (χ0n) is 9.90. The summed E-state index contributed by atoms with van der Waals surface area (Å²) < 4.78 is 5.40. The summed E-state index contributed by atoms with van der Waals surface area (Å²) in [6, 6.07) is 3.39. The van der Waals surface area contributed by atoms with Crippen molar-refractivity contribution in [2.24, 2.45) is 0 Å². The van der Waals surface area contributed by atoms with Crippen LogP contribution in [0.5, 0.6) is 0 Å². The van der Waals surface area contributed by atoms with Crippen molar-refractivity contribution in [2.45, 2.75) is 31.3 Å². The number of nitrogens with zero attached hydrogens (tertiary/aromatic N) is 1. The number of aromatic nitrogens is 1. The van der Waals surface area contributed by atoms with Gasteiger partial charge >= 0.3 is 0 Å². The number of hydrogen-bond acceptors (Lipinski definition) is 4. The van der Waals surface area contributed by atoms with Crippen molar-refractivity contribution < 1.29 is 9.53 Å². The number of amides is 1. The van der Waals surface area contributed by atoms with E-state index in [9.17, 15) is 4.79 Å². The van der Waals surface area contributed by atoms with E-state index < -0.39 is 0 Å². The van der Waals surface area contributed by atoms with Crippen LogP contribution in [-0.4, -0.2) is 23.6 Å². The number of carbonyl (C=O) groups is 1. The standard InChI is InChI=1S/C12H17N3O2/c1-17-12(5-2-6-12)7-11(16)15-9-3-4-10(13)14-8-9/h3-4,8H,2,5-7H2,1H3,(H2,13,14)(H,15,16). The van der Waals surface area contributed by atoms with E-state index in [2.05, 4.69) is 10.3 Å². The van der Waals surface area contributed by atoms with Gasteiger partial charge < -0.3 is 15.8 Å². The zero-order valence-corrected chi connectivity index (χ0v) is 9.90. The van der Waals surface area contributed by atoms with Gasteiger partial charge in [0.25, 0.3) is 0 Å². The normalized spacial score (nSPS) is 17.2. The minimum absolute atomic E-state index is 0.0434. The van der Waals surface area contributed by atoms with E-state index in [1.807, 2.05) is 0 Å². The first-order valence-corrected chi connectivity index (χ1v) is 5.70. The third kappa shape index (κ3) is 2.74. The molecule has 1 amide bonds. The monoisotopic (exact) mass is 235 g/mol. The molecule has 0 saturated heterocycles. The van der Waals surface area contributed by atoms with E-state index in [-0.39, 0.29) is 11.5 Å². The highest BCUT2D eigenvalue weighted by atomic mass is 16.5. The first-order valence-electron chi connectivity index (χ1n) is 5.70. The number of rotatable bonds is 4. The molecule has 1 fully saturated rings. The molecular weight excluding hydrogens is 218 g/mol. The van der Waals surface area contributed by atoms with Crippen LogP contribution in [0.1, 0.15) is 25.7 Å². The van der Waals surface area contributed by atoms with Gasteiger partial charge in [0.1, 0.15) is 5.82 Å². The van der Waals surface area contributed by atoms with Crippen molar-refractivity contribution in [2.75, 3.05) is 18.2 Å². The van der Waals surface area contributed by atoms with Crippen molar-refractivity contribution in [3.05, 3.63) is 18.3 Å². The fourth-order valence-corrected chi connectivity index (χ4v) is 2.00. The first kappa shape index (κ1) is 11.9. The van der Waals surface area contributed by atoms with Crippen molar-refractivity contribution in [1.82, 2.24) is 4.98 Å². The number of pyridine rings is 1. The van der Waals surface area contributed by atoms with Gasteiger partial charge in [0, 0.05) is 7.11 Å². The fraction of sp³-hybridized carbons (Fsp3) is 0.500. The first-order chi connectivity index (χ1) is 8.13. The lowest BCUT2D eigenvalue weighted by molar-refractivity contribution is -0.129. The van der Waals surface area contributed by atoms with E-state index in [1.165, 1.54) is 0 Å². The molecule has 0 aliphatic heterocycles. The van der Waals surface area contributed by atoms with Crippen molar-refractivity contribution >= 4 is 17.4 Å². The highest BCUT2D eigenvalue weighted by Gasteiger charge is 2.38. The third-order valence-corrected chi connectivity index (χ3v) is 3.25. The fourth-order valence-electron chi connectivity index (χ4n) is 2.00. The van der Waals surface area contributed by atoms with Crippen LogP contribution in [0.4, 0.5) is 11.5 Å². The van der Waals surface area contributed by atoms with Crippen molar-refractivity contribution in [1.29, 1.82) is 0 Å². The molecule has 0 atom stereocenters. The molecule has 17 heavy (non-hydrogen) atoms. The van der Waals surface area contributed by atoms with Gasteiger partial charge in [-0.05, 0) is 31.4 Å². The number of nitrogen functional groups attached to an aromatic ring is 1. The Morgan fingerprint density at radius 2 is 2.35 bits per heavy atom. The van der Waals surface area contributed by atoms with Gasteiger partial charge in [-0.25, -0.2) is 4.98 Å². The van der Waals surface area contributed by atoms with E-state index >= 15 is 0 Å². The summed E-state index contributed by atoms with van der Waals surface area (Å²) in [6.45, 7) is 0. The summed E-state index contributed by atoms with van der Waals surface area (Å²) >= 11 is 0. The molecule has 0 spiro atoms. The van der Waals surface area contributed by atoms with Gasteiger partial charge in [-0.15, -0.1) is 0 Å². The molecule has 1 aliphatic rings. The second-order valence-electron chi connectivity index (χ2n) is 4.44. The van der Waals surface area contributed by atoms with Crippen LogP contribution in [0.25, 0.3) is 0 Å². The highest BCUT2D eigenvalue weighted by molar-refractivity contribution is 5.91. The summed E-state index contributed by atoms with van der Waals surface area (Å²) in [5.41, 5.74) is 5.88. The maximum absolute atomic E-state index is 11.8. The minimum atomic E-state index is -0.245. The molecule has 2 rings (SSSR count). The summed E-state index contributed by atoms with van der Waals surface area (Å²) in [6.07, 6.45) is 4.99. The van der Waals surface area contributed by atoms with Crippen LogP contribution in [0.2, 0.25) is 0 Å². The van der Waals surface area contributed by atoms with Gasteiger partial charge in [-0.3, -0.25) is 4.79 Å². The maximum atomic E-state index is 11.8. The van der Waals surface area contributed by atoms with Gasteiger partial charge in [0.05, 0.1) is 23.9 Å². The molecule has 3 N–H and O–H groups in total. The summed E-state index contributed by atoms with van der Waals surface area (Å²) in [4.78, 5) is 15.7. The quantitative estimate of drug-likeness (QED) is 0.830. The molecule has 1 heterocycles. The molecule has 1 saturated carbocycles. The lowest BCUT2D eigenvalue weighted by atomic mass is 9.77. The van der Waals surface area contributed by atoms with Crippen LogP contribution in [0.15, 0.2) is 18.3 Å². The number of anilines is 2. The molecule has 92 valence electrons. The largest absolute Gasteiger partial charge is 0.384 e. The molecule has 1 aliphatic carbocycles. The Labute approximate surface area is 100 Å². The minimum Gasteiger partial charge on any atom is -0.384 e. The second kappa shape index (κ2) is 4.71. The van der Waals surface area contributed by atoms with Gasteiger partial charge in [0.15, 0.2) is 0 Å². The Kier molecular flexibility index (Phi) is 3.28. The number of ether oxygens (including phenoxy) is 1. The van der Waals surface area contributed by atoms with Crippen molar-refractivity contribution in [3.8, 4) is 0 Å². The van der Waals surface area contributed by atoms with Crippen LogP contribution in [0, 0.1) is 0 Å². The van der Waals surface area contributed by atoms with E-state index in [0.29, 0.717) is 17.9 Å². The molecule has 5 nitrogen and oxygen atoms in total. The number of carbonyl (C=O) groups excluding carboxylic acids is 1. The summed E-state index contributed by atoms with van der Waals surface area (Å²) in [5.74, 6) is 0.397. The van der Waals surface area contributed by atoms with Crippen LogP contribution in [0.3, 0.4) is 0 Å². The molecule has 1 aromatic heterocycles. The molecule has 5 heteroatoms. The van der Waals surface area contributed by atoms with E-state index in [0.717, 1.165) is 19.3 Å². The van der Waals surface area contributed by atoms with Gasteiger partial charge in [0.2, 0.25) is 5.91 Å². The summed E-state index contributed by atoms with van der Waals surface area (Å²) in [5, 5.41) is 2.79. The molecule has 0 radical (unpaired) electrons. The molecule has 1 aromatic rings. The number of nitrogens with one attached hydrogen (secondary N) is 1. The van der Waals surface area contributed by atoms with E-state index in [4.69, 9.17) is 10.5 Å². The Balaban J connectivity index is 1.91. The topological polar surface area (TPSA) is 77.2 Å². The maximum Gasteiger partial charge on any atom is 0.227 e. The third-order valence-electron chi connectivity index (χ3n) is 3.25. The lowest BCUT2D eigenvalue weighted by Crippen LogP contribution is -2.42. The molecule has 0 unspecified atom stereocenters. The Morgan fingerprint density at radius 3 is 2.82 bits per heavy atom. The summed E-state index contributed by atoms with van der Waals surface area (Å²) in [7, 11) is 1.66. The molecule has 0 bridgehead atoms. The highest BCUT2D eigenvalue weighted by Crippen LogP contribution is 2.38. The van der Waals surface area contributed by atoms with Crippen LogP contribution >= 0.6 is 0 Å². The van der Waals surface area contributed by atoms with Crippen molar-refractivity contribution in [3.63, 3.8) is 0 Å². The van der Waals surface area contributed by atoms with Crippen LogP contribution in [-0.2, 0) is 9.53 Å². The van der Waals surface area contributed by atoms with E-state index in [1.54, 1.807) is 25.4 Å². The smallest absolute Gasteiger partial charge is 0.227 e.